The van der Waals surface area contributed by atoms with E-state index in [1.54, 1.807) is 19.1 Å². The largest absolute Gasteiger partial charge is 1.00 e. The van der Waals surface area contributed by atoms with Crippen molar-refractivity contribution in [3.8, 4) is 0 Å². The molecule has 0 aliphatic rings. The van der Waals surface area contributed by atoms with Crippen LogP contribution < -0.4 is 29.6 Å². The quantitative estimate of drug-likeness (QED) is 0.240. The average molecular weight is 194 g/mol. The Bertz CT molecular complexity index is 225. The van der Waals surface area contributed by atoms with E-state index in [-0.39, 0.29) is 31.0 Å². The van der Waals surface area contributed by atoms with Crippen molar-refractivity contribution in [2.24, 2.45) is 0 Å². The molecule has 0 saturated heterocycles. The van der Waals surface area contributed by atoms with Crippen molar-refractivity contribution in [2.45, 2.75) is 6.92 Å². The summed E-state index contributed by atoms with van der Waals surface area (Å²) in [5.41, 5.74) is 0. The van der Waals surface area contributed by atoms with Gasteiger partial charge in [0.2, 0.25) is 0 Å². The van der Waals surface area contributed by atoms with Crippen LogP contribution in [0.15, 0.2) is 24.3 Å². The first-order chi connectivity index (χ1) is 5.66. The van der Waals surface area contributed by atoms with Crippen LogP contribution in [0, 0.1) is 0 Å². The third kappa shape index (κ3) is 11.4. The number of hydrogen-bond donors (Lipinski definition) is 1. The fourth-order valence-electron chi connectivity index (χ4n) is 0.426. The molecule has 0 aliphatic carbocycles. The maximum Gasteiger partial charge on any atom is 1.00 e. The van der Waals surface area contributed by atoms with E-state index in [1.165, 1.54) is 6.08 Å². The van der Waals surface area contributed by atoms with Gasteiger partial charge in [-0.1, -0.05) is 18.2 Å². The van der Waals surface area contributed by atoms with E-state index in [2.05, 4.69) is 4.74 Å². The summed E-state index contributed by atoms with van der Waals surface area (Å²) in [6.45, 7) is 1.20. The summed E-state index contributed by atoms with van der Waals surface area (Å²) in [4.78, 5) is 20.5. The third-order valence-electron chi connectivity index (χ3n) is 0.874. The van der Waals surface area contributed by atoms with Gasteiger partial charge in [-0.25, -0.2) is 9.59 Å². The summed E-state index contributed by atoms with van der Waals surface area (Å²) in [5.74, 6) is -1.82. The van der Waals surface area contributed by atoms with Gasteiger partial charge in [0, 0.05) is 6.08 Å². The van der Waals surface area contributed by atoms with E-state index in [1.807, 2.05) is 0 Å². The summed E-state index contributed by atoms with van der Waals surface area (Å²) >= 11 is 0. The number of carbonyl (C=O) groups is 2. The molecule has 5 heteroatoms. The molecule has 68 valence electrons. The van der Waals surface area contributed by atoms with E-state index >= 15 is 0 Å². The van der Waals surface area contributed by atoms with Gasteiger partial charge in [-0.15, -0.1) is 0 Å². The molecule has 0 aromatic heterocycles. The van der Waals surface area contributed by atoms with E-state index in [0.717, 1.165) is 6.08 Å². The third-order valence-corrected chi connectivity index (χ3v) is 0.874. The molecule has 0 amide bonds. The van der Waals surface area contributed by atoms with Crippen molar-refractivity contribution in [1.29, 1.82) is 0 Å². The van der Waals surface area contributed by atoms with Gasteiger partial charge in [0.15, 0.2) is 6.61 Å². The molecule has 0 unspecified atom stereocenters. The van der Waals surface area contributed by atoms with E-state index in [4.69, 9.17) is 5.11 Å². The van der Waals surface area contributed by atoms with Gasteiger partial charge in [0.05, 0.1) is 0 Å². The molecule has 0 heterocycles. The van der Waals surface area contributed by atoms with E-state index in [0.29, 0.717) is 0 Å². The van der Waals surface area contributed by atoms with Crippen LogP contribution in [0.25, 0.3) is 0 Å². The topological polar surface area (TPSA) is 63.6 Å². The summed E-state index contributed by atoms with van der Waals surface area (Å²) < 4.78 is 4.29. The zero-order valence-electron chi connectivity index (χ0n) is 8.69. The summed E-state index contributed by atoms with van der Waals surface area (Å²) in [7, 11) is 0. The van der Waals surface area contributed by atoms with Gasteiger partial charge >= 0.3 is 41.5 Å². The second kappa shape index (κ2) is 9.51. The predicted molar refractivity (Wildman–Crippen MR) is 43.7 cm³/mol. The Balaban J connectivity index is -0.000000605. The normalized spacial score (nSPS) is 9.92. The van der Waals surface area contributed by atoms with Gasteiger partial charge in [-0.2, -0.15) is 0 Å². The van der Waals surface area contributed by atoms with Crippen LogP contribution in [0.1, 0.15) is 8.35 Å². The molecule has 0 aliphatic heterocycles. The Hall–Kier alpha value is -0.580. The Kier molecular flexibility index (Phi) is 10.9. The summed E-state index contributed by atoms with van der Waals surface area (Å²) in [6.07, 6.45) is 6.01. The first kappa shape index (κ1) is 14.9. The molecule has 13 heavy (non-hydrogen) atoms. The fourth-order valence-corrected chi connectivity index (χ4v) is 0.426. The maximum absolute atomic E-state index is 10.6. The standard InChI is InChI=1S/C8H10O4.Na.H/c1-2-3-4-5-8(11)12-6-7(9)10;;/h2-5H,6H2,1H3,(H,9,10);;/q;+1;-1/b3-2+,5-4+;;. The van der Waals surface area contributed by atoms with Gasteiger partial charge in [0.25, 0.3) is 0 Å². The number of aliphatic carboxylic acids is 1. The van der Waals surface area contributed by atoms with Crippen LogP contribution in [-0.2, 0) is 14.3 Å². The minimum absolute atomic E-state index is 0. The molecule has 4 nitrogen and oxygen atoms in total. The van der Waals surface area contributed by atoms with Crippen LogP contribution in [-0.4, -0.2) is 23.7 Å². The molecule has 0 rings (SSSR count). The number of carbonyl (C=O) groups excluding carboxylic acids is 1. The van der Waals surface area contributed by atoms with Crippen LogP contribution in [0.2, 0.25) is 0 Å². The SMILES string of the molecule is C/C=C/C=C/C(=O)OCC(=O)O.[H-].[Na+]. The van der Waals surface area contributed by atoms with Crippen molar-refractivity contribution < 1.29 is 50.4 Å². The molecule has 0 bridgehead atoms. The Morgan fingerprint density at radius 2 is 2.08 bits per heavy atom. The van der Waals surface area contributed by atoms with Crippen molar-refractivity contribution in [1.82, 2.24) is 0 Å². The van der Waals surface area contributed by atoms with Crippen molar-refractivity contribution in [3.05, 3.63) is 24.3 Å². The summed E-state index contributed by atoms with van der Waals surface area (Å²) in [5, 5.41) is 8.12. The zero-order chi connectivity index (χ0) is 9.40. The number of ether oxygens (including phenoxy) is 1. The van der Waals surface area contributed by atoms with Crippen LogP contribution in [0.3, 0.4) is 0 Å². The Labute approximate surface area is 100 Å². The van der Waals surface area contributed by atoms with Gasteiger partial charge in [0.1, 0.15) is 0 Å². The smallest absolute Gasteiger partial charge is 1.00 e. The molecular formula is C8H11NaO4. The minimum Gasteiger partial charge on any atom is -1.00 e. The maximum atomic E-state index is 10.6. The molecule has 0 fully saturated rings. The number of carboxylic acids is 1. The van der Waals surface area contributed by atoms with Gasteiger partial charge < -0.3 is 11.3 Å². The summed E-state index contributed by atoms with van der Waals surface area (Å²) in [6, 6.07) is 0. The fraction of sp³-hybridized carbons (Fsp3) is 0.250. The molecule has 1 N–H and O–H groups in total. The number of carboxylic acid groups (broad SMARTS) is 1. The molecule has 0 spiro atoms. The number of allylic oxidation sites excluding steroid dienone is 3. The number of esters is 1. The van der Waals surface area contributed by atoms with Crippen LogP contribution in [0.5, 0.6) is 0 Å². The van der Waals surface area contributed by atoms with Crippen molar-refractivity contribution in [2.75, 3.05) is 6.61 Å². The molecular weight excluding hydrogens is 183 g/mol. The molecule has 0 aromatic carbocycles. The molecule has 0 aromatic rings. The number of hydrogen-bond acceptors (Lipinski definition) is 3. The molecule has 0 saturated carbocycles. The second-order valence-corrected chi connectivity index (χ2v) is 1.89. The van der Waals surface area contributed by atoms with Gasteiger partial charge in [-0.3, -0.25) is 0 Å². The van der Waals surface area contributed by atoms with Crippen LogP contribution >= 0.6 is 0 Å². The molecule has 0 radical (unpaired) electrons. The second-order valence-electron chi connectivity index (χ2n) is 1.89. The van der Waals surface area contributed by atoms with Crippen molar-refractivity contribution in [3.63, 3.8) is 0 Å². The van der Waals surface area contributed by atoms with E-state index in [9.17, 15) is 9.59 Å². The predicted octanol–water partition coefficient (Wildman–Crippen LogP) is -2.14. The monoisotopic (exact) mass is 194 g/mol. The van der Waals surface area contributed by atoms with Gasteiger partial charge in [-0.05, 0) is 6.92 Å². The first-order valence-corrected chi connectivity index (χ1v) is 3.34. The molecule has 0 atom stereocenters. The zero-order valence-corrected chi connectivity index (χ0v) is 9.69. The minimum atomic E-state index is -1.16. The van der Waals surface area contributed by atoms with Crippen LogP contribution in [0.4, 0.5) is 0 Å². The van der Waals surface area contributed by atoms with E-state index < -0.39 is 18.5 Å². The van der Waals surface area contributed by atoms with Crippen molar-refractivity contribution >= 4 is 11.9 Å². The average Bonchev–Trinajstić information content (AvgIpc) is 2.01. The Morgan fingerprint density at radius 1 is 1.46 bits per heavy atom. The number of rotatable bonds is 4. The Morgan fingerprint density at radius 3 is 2.54 bits per heavy atom. The first-order valence-electron chi connectivity index (χ1n) is 3.34.